The highest BCUT2D eigenvalue weighted by atomic mass is 16.5. The minimum absolute atomic E-state index is 0.0808. The monoisotopic (exact) mass is 228 g/mol. The molecule has 1 aliphatic heterocycles. The van der Waals surface area contributed by atoms with Crippen molar-refractivity contribution in [3.8, 4) is 0 Å². The molecule has 0 aromatic carbocycles. The van der Waals surface area contributed by atoms with Crippen LogP contribution in [-0.4, -0.2) is 42.6 Å². The Labute approximate surface area is 98.1 Å². The summed E-state index contributed by atoms with van der Waals surface area (Å²) in [6, 6.07) is 0.175. The number of carbonyl (C=O) groups is 1. The summed E-state index contributed by atoms with van der Waals surface area (Å²) >= 11 is 0. The van der Waals surface area contributed by atoms with E-state index in [2.05, 4.69) is 6.92 Å². The fraction of sp³-hybridized carbons (Fsp3) is 0.917. The van der Waals surface area contributed by atoms with Crippen LogP contribution < -0.4 is 5.73 Å². The molecule has 0 radical (unpaired) electrons. The van der Waals surface area contributed by atoms with Crippen molar-refractivity contribution in [3.63, 3.8) is 0 Å². The minimum atomic E-state index is -0.697. The third kappa shape index (κ3) is 2.23. The van der Waals surface area contributed by atoms with Gasteiger partial charge in [-0.3, -0.25) is 4.79 Å². The zero-order chi connectivity index (χ0) is 12.3. The molecule has 1 amide bonds. The van der Waals surface area contributed by atoms with Gasteiger partial charge in [0.2, 0.25) is 0 Å². The Hall–Kier alpha value is -0.610. The first-order chi connectivity index (χ1) is 7.50. The summed E-state index contributed by atoms with van der Waals surface area (Å²) < 4.78 is 5.36. The standard InChI is InChI=1S/C12H24N2O2/c1-5-12(3,16-4)11(15)14-7-6-9(2)10(14)8-13/h9-10H,5-8,13H2,1-4H3. The second-order valence-corrected chi connectivity index (χ2v) is 4.86. The summed E-state index contributed by atoms with van der Waals surface area (Å²) in [5, 5.41) is 0. The third-order valence-corrected chi connectivity index (χ3v) is 3.96. The van der Waals surface area contributed by atoms with Gasteiger partial charge < -0.3 is 15.4 Å². The van der Waals surface area contributed by atoms with Crippen molar-refractivity contribution in [3.05, 3.63) is 0 Å². The number of ether oxygens (including phenoxy) is 1. The lowest BCUT2D eigenvalue weighted by atomic mass is 9.99. The average Bonchev–Trinajstić information content (AvgIpc) is 2.68. The zero-order valence-corrected chi connectivity index (χ0v) is 10.8. The van der Waals surface area contributed by atoms with E-state index in [-0.39, 0.29) is 11.9 Å². The molecule has 1 heterocycles. The molecule has 94 valence electrons. The number of methoxy groups -OCH3 is 1. The molecular weight excluding hydrogens is 204 g/mol. The van der Waals surface area contributed by atoms with E-state index in [0.717, 1.165) is 13.0 Å². The molecule has 3 unspecified atom stereocenters. The molecule has 4 heteroatoms. The van der Waals surface area contributed by atoms with E-state index in [1.54, 1.807) is 7.11 Å². The van der Waals surface area contributed by atoms with Gasteiger partial charge in [0.15, 0.2) is 0 Å². The van der Waals surface area contributed by atoms with Crippen LogP contribution in [0.3, 0.4) is 0 Å². The van der Waals surface area contributed by atoms with Crippen LogP contribution in [0.25, 0.3) is 0 Å². The van der Waals surface area contributed by atoms with Gasteiger partial charge in [-0.05, 0) is 25.7 Å². The van der Waals surface area contributed by atoms with Crippen LogP contribution in [0.5, 0.6) is 0 Å². The molecule has 0 spiro atoms. The van der Waals surface area contributed by atoms with Crippen molar-refractivity contribution < 1.29 is 9.53 Å². The number of carbonyl (C=O) groups excluding carboxylic acids is 1. The number of nitrogens with two attached hydrogens (primary N) is 1. The van der Waals surface area contributed by atoms with E-state index in [9.17, 15) is 4.79 Å². The molecule has 1 aliphatic rings. The predicted octanol–water partition coefficient (Wildman–Crippen LogP) is 0.997. The van der Waals surface area contributed by atoms with Crippen LogP contribution in [0, 0.1) is 5.92 Å². The van der Waals surface area contributed by atoms with Crippen LogP contribution >= 0.6 is 0 Å². The molecule has 16 heavy (non-hydrogen) atoms. The van der Waals surface area contributed by atoms with E-state index in [4.69, 9.17) is 10.5 Å². The smallest absolute Gasteiger partial charge is 0.254 e. The molecule has 2 N–H and O–H groups in total. The SMILES string of the molecule is CCC(C)(OC)C(=O)N1CCC(C)C1CN. The van der Waals surface area contributed by atoms with Crippen LogP contribution in [0.4, 0.5) is 0 Å². The second-order valence-electron chi connectivity index (χ2n) is 4.86. The Kier molecular flexibility index (Phi) is 4.33. The Morgan fingerprint density at radius 3 is 2.69 bits per heavy atom. The van der Waals surface area contributed by atoms with Crippen molar-refractivity contribution >= 4 is 5.91 Å². The summed E-state index contributed by atoms with van der Waals surface area (Å²) in [4.78, 5) is 14.3. The first kappa shape index (κ1) is 13.5. The van der Waals surface area contributed by atoms with Crippen molar-refractivity contribution in [1.82, 2.24) is 4.90 Å². The van der Waals surface area contributed by atoms with Crippen LogP contribution in [0.1, 0.15) is 33.6 Å². The van der Waals surface area contributed by atoms with Gasteiger partial charge in [-0.25, -0.2) is 0 Å². The summed E-state index contributed by atoms with van der Waals surface area (Å²) in [7, 11) is 1.60. The summed E-state index contributed by atoms with van der Waals surface area (Å²) in [6.07, 6.45) is 1.72. The van der Waals surface area contributed by atoms with Gasteiger partial charge in [0, 0.05) is 26.2 Å². The Balaban J connectivity index is 2.81. The highest BCUT2D eigenvalue weighted by Crippen LogP contribution is 2.28. The Bertz CT molecular complexity index is 251. The molecule has 1 saturated heterocycles. The zero-order valence-electron chi connectivity index (χ0n) is 10.8. The fourth-order valence-corrected chi connectivity index (χ4v) is 2.31. The van der Waals surface area contributed by atoms with Crippen LogP contribution in [0.2, 0.25) is 0 Å². The average molecular weight is 228 g/mol. The molecule has 0 aromatic heterocycles. The number of likely N-dealkylation sites (tertiary alicyclic amines) is 1. The molecule has 1 fully saturated rings. The van der Waals surface area contributed by atoms with Crippen LogP contribution in [0.15, 0.2) is 0 Å². The molecule has 4 nitrogen and oxygen atoms in total. The first-order valence-electron chi connectivity index (χ1n) is 6.06. The lowest BCUT2D eigenvalue weighted by molar-refractivity contribution is -0.154. The van der Waals surface area contributed by atoms with Gasteiger partial charge in [0.05, 0.1) is 0 Å². The number of hydrogen-bond donors (Lipinski definition) is 1. The summed E-state index contributed by atoms with van der Waals surface area (Å²) in [5.74, 6) is 0.573. The fourth-order valence-electron chi connectivity index (χ4n) is 2.31. The minimum Gasteiger partial charge on any atom is -0.369 e. The van der Waals surface area contributed by atoms with Gasteiger partial charge in [0.1, 0.15) is 5.60 Å². The second kappa shape index (κ2) is 5.15. The molecule has 0 bridgehead atoms. The number of amides is 1. The van der Waals surface area contributed by atoms with E-state index in [0.29, 0.717) is 18.9 Å². The largest absolute Gasteiger partial charge is 0.369 e. The topological polar surface area (TPSA) is 55.6 Å². The van der Waals surface area contributed by atoms with Crippen molar-refractivity contribution in [2.75, 3.05) is 20.2 Å². The van der Waals surface area contributed by atoms with E-state index in [1.165, 1.54) is 0 Å². The van der Waals surface area contributed by atoms with Gasteiger partial charge in [0.25, 0.3) is 5.91 Å². The van der Waals surface area contributed by atoms with Crippen LogP contribution in [-0.2, 0) is 9.53 Å². The van der Waals surface area contributed by atoms with Crippen molar-refractivity contribution in [2.45, 2.75) is 45.3 Å². The molecule has 0 saturated carbocycles. The third-order valence-electron chi connectivity index (χ3n) is 3.96. The highest BCUT2D eigenvalue weighted by Gasteiger charge is 2.41. The highest BCUT2D eigenvalue weighted by molar-refractivity contribution is 5.85. The van der Waals surface area contributed by atoms with Gasteiger partial charge in [-0.1, -0.05) is 13.8 Å². The Morgan fingerprint density at radius 2 is 2.25 bits per heavy atom. The number of hydrogen-bond acceptors (Lipinski definition) is 3. The number of rotatable bonds is 4. The number of nitrogens with zero attached hydrogens (tertiary/aromatic N) is 1. The predicted molar refractivity (Wildman–Crippen MR) is 64.0 cm³/mol. The lowest BCUT2D eigenvalue weighted by Crippen LogP contribution is -2.52. The molecular formula is C12H24N2O2. The van der Waals surface area contributed by atoms with Crippen molar-refractivity contribution in [2.24, 2.45) is 11.7 Å². The van der Waals surface area contributed by atoms with Gasteiger partial charge >= 0.3 is 0 Å². The maximum absolute atomic E-state index is 12.4. The van der Waals surface area contributed by atoms with Gasteiger partial charge in [-0.2, -0.15) is 0 Å². The van der Waals surface area contributed by atoms with Gasteiger partial charge in [-0.15, -0.1) is 0 Å². The van der Waals surface area contributed by atoms with E-state index < -0.39 is 5.60 Å². The summed E-state index contributed by atoms with van der Waals surface area (Å²) in [5.41, 5.74) is 5.05. The van der Waals surface area contributed by atoms with E-state index in [1.807, 2.05) is 18.7 Å². The lowest BCUT2D eigenvalue weighted by Gasteiger charge is -2.34. The molecule has 0 aromatic rings. The first-order valence-corrected chi connectivity index (χ1v) is 6.06. The molecule has 0 aliphatic carbocycles. The maximum Gasteiger partial charge on any atom is 0.254 e. The molecule has 1 rings (SSSR count). The quantitative estimate of drug-likeness (QED) is 0.781. The molecule has 3 atom stereocenters. The maximum atomic E-state index is 12.4. The van der Waals surface area contributed by atoms with E-state index >= 15 is 0 Å². The van der Waals surface area contributed by atoms with Crippen molar-refractivity contribution in [1.29, 1.82) is 0 Å². The normalized spacial score (nSPS) is 29.2. The Morgan fingerprint density at radius 1 is 1.62 bits per heavy atom. The summed E-state index contributed by atoms with van der Waals surface area (Å²) in [6.45, 7) is 7.32.